The van der Waals surface area contributed by atoms with Crippen molar-refractivity contribution < 1.29 is 17.6 Å². The van der Waals surface area contributed by atoms with Gasteiger partial charge in [-0.1, -0.05) is 37.7 Å². The third-order valence-electron chi connectivity index (χ3n) is 4.81. The van der Waals surface area contributed by atoms with E-state index in [0.29, 0.717) is 36.4 Å². The Balaban J connectivity index is 1.56. The van der Waals surface area contributed by atoms with Crippen LogP contribution in [0, 0.1) is 13.8 Å². The van der Waals surface area contributed by atoms with Crippen molar-refractivity contribution in [3.8, 4) is 17.2 Å². The van der Waals surface area contributed by atoms with Crippen LogP contribution in [0.2, 0.25) is 0 Å². The third-order valence-corrected chi connectivity index (χ3v) is 7.76. The topological polar surface area (TPSA) is 85.5 Å². The lowest BCUT2D eigenvalue weighted by Gasteiger charge is -2.18. The van der Waals surface area contributed by atoms with Gasteiger partial charge < -0.3 is 9.15 Å². The molecule has 0 fully saturated rings. The SMILES string of the molecule is CCN(CC)S(=O)(=O)c1cccc(-c2nnc(SCCCOc3cc(C)cc(C)c3)o2)c1. The number of hydrogen-bond donors (Lipinski definition) is 0. The zero-order valence-electron chi connectivity index (χ0n) is 18.9. The predicted molar refractivity (Wildman–Crippen MR) is 127 cm³/mol. The summed E-state index contributed by atoms with van der Waals surface area (Å²) in [4.78, 5) is 0.217. The molecule has 1 aromatic heterocycles. The van der Waals surface area contributed by atoms with Gasteiger partial charge in [0.15, 0.2) is 0 Å². The Bertz CT molecular complexity index is 1120. The van der Waals surface area contributed by atoms with E-state index in [1.807, 2.05) is 26.0 Å². The van der Waals surface area contributed by atoms with Gasteiger partial charge in [-0.3, -0.25) is 0 Å². The molecule has 0 saturated carbocycles. The molecular weight excluding hydrogens is 446 g/mol. The number of thioether (sulfide) groups is 1. The monoisotopic (exact) mass is 475 g/mol. The van der Waals surface area contributed by atoms with Gasteiger partial charge in [0, 0.05) is 24.4 Å². The molecule has 9 heteroatoms. The van der Waals surface area contributed by atoms with Gasteiger partial charge in [0.05, 0.1) is 11.5 Å². The van der Waals surface area contributed by atoms with Crippen LogP contribution in [0.5, 0.6) is 5.75 Å². The Labute approximate surface area is 194 Å². The quantitative estimate of drug-likeness (QED) is 0.287. The maximum absolute atomic E-state index is 12.8. The molecule has 172 valence electrons. The number of sulfonamides is 1. The minimum absolute atomic E-state index is 0.217. The number of ether oxygens (including phenoxy) is 1. The fraction of sp³-hybridized carbons (Fsp3) is 0.391. The lowest BCUT2D eigenvalue weighted by molar-refractivity contribution is 0.318. The Morgan fingerprint density at radius 3 is 2.44 bits per heavy atom. The average Bonchev–Trinajstić information content (AvgIpc) is 3.23. The summed E-state index contributed by atoms with van der Waals surface area (Å²) in [6.45, 7) is 9.17. The van der Waals surface area contributed by atoms with Crippen molar-refractivity contribution in [3.05, 3.63) is 53.6 Å². The zero-order valence-corrected chi connectivity index (χ0v) is 20.5. The average molecular weight is 476 g/mol. The molecule has 0 radical (unpaired) electrons. The second kappa shape index (κ2) is 11.0. The van der Waals surface area contributed by atoms with E-state index in [-0.39, 0.29) is 4.90 Å². The Morgan fingerprint density at radius 1 is 1.03 bits per heavy atom. The van der Waals surface area contributed by atoms with E-state index >= 15 is 0 Å². The molecule has 1 heterocycles. The molecule has 0 N–H and O–H groups in total. The van der Waals surface area contributed by atoms with Gasteiger partial charge in [-0.15, -0.1) is 10.2 Å². The van der Waals surface area contributed by atoms with E-state index in [1.165, 1.54) is 27.2 Å². The first-order valence-corrected chi connectivity index (χ1v) is 13.0. The molecule has 0 aliphatic heterocycles. The maximum atomic E-state index is 12.8. The fourth-order valence-corrected chi connectivity index (χ4v) is 5.49. The first kappa shape index (κ1) is 24.3. The van der Waals surface area contributed by atoms with Crippen molar-refractivity contribution in [1.29, 1.82) is 0 Å². The Kier molecular flexibility index (Phi) is 8.33. The number of nitrogens with zero attached hydrogens (tertiary/aromatic N) is 3. The van der Waals surface area contributed by atoms with Crippen LogP contribution in [0.15, 0.2) is 57.0 Å². The Hall–Kier alpha value is -2.36. The van der Waals surface area contributed by atoms with Crippen LogP contribution in [0.4, 0.5) is 0 Å². The minimum atomic E-state index is -3.55. The van der Waals surface area contributed by atoms with Crippen LogP contribution in [0.1, 0.15) is 31.4 Å². The number of hydrogen-bond acceptors (Lipinski definition) is 7. The molecule has 0 spiro atoms. The summed E-state index contributed by atoms with van der Waals surface area (Å²) in [5.74, 6) is 1.95. The molecule has 0 aliphatic rings. The molecule has 0 bridgehead atoms. The predicted octanol–water partition coefficient (Wildman–Crippen LogP) is 4.95. The highest BCUT2D eigenvalue weighted by Crippen LogP contribution is 2.26. The lowest BCUT2D eigenvalue weighted by Crippen LogP contribution is -2.30. The van der Waals surface area contributed by atoms with Gasteiger partial charge in [-0.05, 0) is 61.7 Å². The van der Waals surface area contributed by atoms with Crippen LogP contribution in [-0.4, -0.2) is 48.4 Å². The van der Waals surface area contributed by atoms with Crippen molar-refractivity contribution >= 4 is 21.8 Å². The summed E-state index contributed by atoms with van der Waals surface area (Å²) in [5, 5.41) is 8.61. The van der Waals surface area contributed by atoms with Crippen LogP contribution in [0.3, 0.4) is 0 Å². The van der Waals surface area contributed by atoms with E-state index < -0.39 is 10.0 Å². The molecule has 0 amide bonds. The summed E-state index contributed by atoms with van der Waals surface area (Å²) in [5.41, 5.74) is 2.94. The number of aryl methyl sites for hydroxylation is 2. The molecule has 3 rings (SSSR count). The van der Waals surface area contributed by atoms with E-state index in [0.717, 1.165) is 17.9 Å². The minimum Gasteiger partial charge on any atom is -0.494 e. The summed E-state index contributed by atoms with van der Waals surface area (Å²) in [6.07, 6.45) is 0.826. The summed E-state index contributed by atoms with van der Waals surface area (Å²) in [7, 11) is -3.55. The summed E-state index contributed by atoms with van der Waals surface area (Å²) < 4.78 is 38.5. The molecule has 0 aliphatic carbocycles. The zero-order chi connectivity index (χ0) is 23.1. The van der Waals surface area contributed by atoms with Crippen LogP contribution < -0.4 is 4.74 Å². The third kappa shape index (κ3) is 6.11. The molecule has 2 aromatic carbocycles. The van der Waals surface area contributed by atoms with Crippen molar-refractivity contribution in [3.63, 3.8) is 0 Å². The van der Waals surface area contributed by atoms with E-state index in [1.54, 1.807) is 24.3 Å². The van der Waals surface area contributed by atoms with Crippen molar-refractivity contribution in [2.45, 2.75) is 44.2 Å². The van der Waals surface area contributed by atoms with Gasteiger partial charge >= 0.3 is 0 Å². The van der Waals surface area contributed by atoms with Gasteiger partial charge in [0.2, 0.25) is 15.9 Å². The van der Waals surface area contributed by atoms with Gasteiger partial charge in [0.1, 0.15) is 5.75 Å². The first-order valence-electron chi connectivity index (χ1n) is 10.6. The lowest BCUT2D eigenvalue weighted by atomic mass is 10.1. The molecular formula is C23H29N3O4S2. The van der Waals surface area contributed by atoms with Crippen molar-refractivity contribution in [2.24, 2.45) is 0 Å². The van der Waals surface area contributed by atoms with Gasteiger partial charge in [0.25, 0.3) is 5.22 Å². The maximum Gasteiger partial charge on any atom is 0.276 e. The number of rotatable bonds is 11. The molecule has 32 heavy (non-hydrogen) atoms. The van der Waals surface area contributed by atoms with Crippen LogP contribution in [-0.2, 0) is 10.0 Å². The molecule has 0 unspecified atom stereocenters. The number of aromatic nitrogens is 2. The first-order chi connectivity index (χ1) is 15.3. The van der Waals surface area contributed by atoms with Gasteiger partial charge in [-0.25, -0.2) is 8.42 Å². The van der Waals surface area contributed by atoms with Crippen LogP contribution in [0.25, 0.3) is 11.5 Å². The smallest absolute Gasteiger partial charge is 0.276 e. The second-order valence-corrected chi connectivity index (χ2v) is 10.3. The fourth-order valence-electron chi connectivity index (χ4n) is 3.31. The van der Waals surface area contributed by atoms with Crippen molar-refractivity contribution in [1.82, 2.24) is 14.5 Å². The van der Waals surface area contributed by atoms with E-state index in [9.17, 15) is 8.42 Å². The van der Waals surface area contributed by atoms with E-state index in [4.69, 9.17) is 9.15 Å². The molecule has 3 aromatic rings. The van der Waals surface area contributed by atoms with E-state index in [2.05, 4.69) is 30.1 Å². The molecule has 7 nitrogen and oxygen atoms in total. The standard InChI is InChI=1S/C23H29N3O4S2/c1-5-26(6-2)32(27,28)21-10-7-9-19(16-21)22-24-25-23(30-22)31-12-8-11-29-20-14-17(3)13-18(4)15-20/h7,9-10,13-16H,5-6,8,11-12H2,1-4H3. The summed E-state index contributed by atoms with van der Waals surface area (Å²) >= 11 is 1.45. The van der Waals surface area contributed by atoms with Gasteiger partial charge in [-0.2, -0.15) is 4.31 Å². The second-order valence-electron chi connectivity index (χ2n) is 7.36. The number of benzene rings is 2. The highest BCUT2D eigenvalue weighted by Gasteiger charge is 2.22. The normalized spacial score (nSPS) is 11.8. The highest BCUT2D eigenvalue weighted by atomic mass is 32.2. The Morgan fingerprint density at radius 2 is 1.75 bits per heavy atom. The summed E-state index contributed by atoms with van der Waals surface area (Å²) in [6, 6.07) is 12.8. The molecule has 0 saturated heterocycles. The van der Waals surface area contributed by atoms with Crippen LogP contribution >= 0.6 is 11.8 Å². The molecule has 0 atom stereocenters. The largest absolute Gasteiger partial charge is 0.494 e. The van der Waals surface area contributed by atoms with Crippen molar-refractivity contribution in [2.75, 3.05) is 25.4 Å². The highest BCUT2D eigenvalue weighted by molar-refractivity contribution is 7.99.